The van der Waals surface area contributed by atoms with Crippen LogP contribution in [0.25, 0.3) is 0 Å². The van der Waals surface area contributed by atoms with E-state index < -0.39 is 0 Å². The second-order valence-corrected chi connectivity index (χ2v) is 6.10. The van der Waals surface area contributed by atoms with Gasteiger partial charge in [-0.15, -0.1) is 0 Å². The number of nitrogens with one attached hydrogen (secondary N) is 1. The standard InChI is InChI=1S/C13H25NO3S/c1-4-17-13(15)12(14-10(2)3)9-18-11-5-7-16-8-6-11/h10-12,14H,4-9H2,1-3H3. The highest BCUT2D eigenvalue weighted by atomic mass is 32.2. The van der Waals surface area contributed by atoms with Gasteiger partial charge in [0, 0.05) is 30.3 Å². The van der Waals surface area contributed by atoms with Crippen molar-refractivity contribution in [2.24, 2.45) is 0 Å². The van der Waals surface area contributed by atoms with E-state index in [9.17, 15) is 4.79 Å². The van der Waals surface area contributed by atoms with Crippen molar-refractivity contribution in [3.63, 3.8) is 0 Å². The maximum absolute atomic E-state index is 11.8. The smallest absolute Gasteiger partial charge is 0.323 e. The van der Waals surface area contributed by atoms with Crippen LogP contribution in [0.1, 0.15) is 33.6 Å². The number of hydrogen-bond acceptors (Lipinski definition) is 5. The number of carbonyl (C=O) groups excluding carboxylic acids is 1. The summed E-state index contributed by atoms with van der Waals surface area (Å²) < 4.78 is 10.4. The molecule has 0 aromatic rings. The van der Waals surface area contributed by atoms with Crippen LogP contribution in [0.15, 0.2) is 0 Å². The van der Waals surface area contributed by atoms with Crippen molar-refractivity contribution in [1.82, 2.24) is 5.32 Å². The van der Waals surface area contributed by atoms with Crippen molar-refractivity contribution in [2.75, 3.05) is 25.6 Å². The van der Waals surface area contributed by atoms with Crippen LogP contribution >= 0.6 is 11.8 Å². The summed E-state index contributed by atoms with van der Waals surface area (Å²) in [4.78, 5) is 11.8. The van der Waals surface area contributed by atoms with Crippen LogP contribution in [0.4, 0.5) is 0 Å². The molecule has 0 saturated carbocycles. The van der Waals surface area contributed by atoms with Crippen molar-refractivity contribution in [1.29, 1.82) is 0 Å². The number of thioether (sulfide) groups is 1. The second kappa shape index (κ2) is 8.77. The molecule has 0 aromatic heterocycles. The van der Waals surface area contributed by atoms with Crippen molar-refractivity contribution in [3.05, 3.63) is 0 Å². The van der Waals surface area contributed by atoms with Crippen LogP contribution in [0.5, 0.6) is 0 Å². The monoisotopic (exact) mass is 275 g/mol. The summed E-state index contributed by atoms with van der Waals surface area (Å²) >= 11 is 1.86. The summed E-state index contributed by atoms with van der Waals surface area (Å²) in [6, 6.07) is 0.0903. The molecule has 0 aromatic carbocycles. The minimum Gasteiger partial charge on any atom is -0.465 e. The molecule has 1 aliphatic heterocycles. The van der Waals surface area contributed by atoms with Gasteiger partial charge in [0.05, 0.1) is 6.61 Å². The highest BCUT2D eigenvalue weighted by molar-refractivity contribution is 7.99. The Labute approximate surface area is 114 Å². The number of rotatable bonds is 7. The van der Waals surface area contributed by atoms with Gasteiger partial charge in [-0.1, -0.05) is 13.8 Å². The molecule has 1 unspecified atom stereocenters. The molecule has 1 N–H and O–H groups in total. The van der Waals surface area contributed by atoms with Gasteiger partial charge in [-0.25, -0.2) is 0 Å². The fraction of sp³-hybridized carbons (Fsp3) is 0.923. The highest BCUT2D eigenvalue weighted by Gasteiger charge is 2.23. The third-order valence-electron chi connectivity index (χ3n) is 2.77. The van der Waals surface area contributed by atoms with Crippen molar-refractivity contribution in [3.8, 4) is 0 Å². The van der Waals surface area contributed by atoms with Crippen LogP contribution in [-0.4, -0.2) is 48.9 Å². The quantitative estimate of drug-likeness (QED) is 0.718. The van der Waals surface area contributed by atoms with Gasteiger partial charge in [0.2, 0.25) is 0 Å². The van der Waals surface area contributed by atoms with Crippen LogP contribution in [0.3, 0.4) is 0 Å². The Balaban J connectivity index is 2.36. The molecule has 18 heavy (non-hydrogen) atoms. The van der Waals surface area contributed by atoms with Gasteiger partial charge in [0.1, 0.15) is 6.04 Å². The van der Waals surface area contributed by atoms with Crippen LogP contribution in [0, 0.1) is 0 Å². The summed E-state index contributed by atoms with van der Waals surface area (Å²) in [5, 5.41) is 3.89. The SMILES string of the molecule is CCOC(=O)C(CSC1CCOCC1)NC(C)C. The summed E-state index contributed by atoms with van der Waals surface area (Å²) in [6.07, 6.45) is 2.17. The average molecular weight is 275 g/mol. The normalized spacial score (nSPS) is 18.9. The van der Waals surface area contributed by atoms with Crippen LogP contribution in [-0.2, 0) is 14.3 Å². The van der Waals surface area contributed by atoms with Crippen LogP contribution < -0.4 is 5.32 Å². The molecular formula is C13H25NO3S. The Hall–Kier alpha value is -0.260. The minimum atomic E-state index is -0.196. The maximum Gasteiger partial charge on any atom is 0.323 e. The second-order valence-electron chi connectivity index (χ2n) is 4.77. The van der Waals surface area contributed by atoms with Gasteiger partial charge in [-0.05, 0) is 19.8 Å². The van der Waals surface area contributed by atoms with E-state index >= 15 is 0 Å². The Bertz CT molecular complexity index is 242. The number of carbonyl (C=O) groups is 1. The molecule has 1 heterocycles. The van der Waals surface area contributed by atoms with E-state index in [1.54, 1.807) is 0 Å². The van der Waals surface area contributed by atoms with Gasteiger partial charge in [0.15, 0.2) is 0 Å². The Morgan fingerprint density at radius 3 is 2.67 bits per heavy atom. The molecule has 1 fully saturated rings. The fourth-order valence-electron chi connectivity index (χ4n) is 1.90. The van der Waals surface area contributed by atoms with Gasteiger partial charge in [-0.2, -0.15) is 11.8 Å². The minimum absolute atomic E-state index is 0.134. The summed E-state index contributed by atoms with van der Waals surface area (Å²) in [5.41, 5.74) is 0. The first kappa shape index (κ1) is 15.8. The van der Waals surface area contributed by atoms with Gasteiger partial charge < -0.3 is 14.8 Å². The van der Waals surface area contributed by atoms with E-state index in [1.165, 1.54) is 0 Å². The lowest BCUT2D eigenvalue weighted by molar-refractivity contribution is -0.145. The maximum atomic E-state index is 11.8. The molecule has 5 heteroatoms. The fourth-order valence-corrected chi connectivity index (χ4v) is 3.13. The van der Waals surface area contributed by atoms with E-state index in [2.05, 4.69) is 5.32 Å². The summed E-state index contributed by atoms with van der Waals surface area (Å²) in [6.45, 7) is 8.07. The van der Waals surface area contributed by atoms with E-state index in [-0.39, 0.29) is 18.1 Å². The molecule has 0 spiro atoms. The molecule has 0 radical (unpaired) electrons. The first-order valence-electron chi connectivity index (χ1n) is 6.75. The zero-order valence-electron chi connectivity index (χ0n) is 11.6. The zero-order chi connectivity index (χ0) is 13.4. The largest absolute Gasteiger partial charge is 0.465 e. The molecule has 0 amide bonds. The first-order chi connectivity index (χ1) is 8.63. The lowest BCUT2D eigenvalue weighted by atomic mass is 10.2. The lowest BCUT2D eigenvalue weighted by Gasteiger charge is -2.25. The Morgan fingerprint density at radius 2 is 2.11 bits per heavy atom. The summed E-state index contributed by atoms with van der Waals surface area (Å²) in [5.74, 6) is 0.646. The van der Waals surface area contributed by atoms with Crippen molar-refractivity contribution in [2.45, 2.75) is 50.9 Å². The molecule has 4 nitrogen and oxygen atoms in total. The third kappa shape index (κ3) is 6.07. The predicted molar refractivity (Wildman–Crippen MR) is 75.0 cm³/mol. The molecule has 1 aliphatic rings. The highest BCUT2D eigenvalue weighted by Crippen LogP contribution is 2.22. The molecule has 1 saturated heterocycles. The van der Waals surface area contributed by atoms with Gasteiger partial charge in [-0.3, -0.25) is 4.79 Å². The third-order valence-corrected chi connectivity index (χ3v) is 4.24. The number of esters is 1. The van der Waals surface area contributed by atoms with E-state index in [1.807, 2.05) is 32.5 Å². The molecular weight excluding hydrogens is 250 g/mol. The molecule has 0 bridgehead atoms. The van der Waals surface area contributed by atoms with Crippen molar-refractivity contribution >= 4 is 17.7 Å². The van der Waals surface area contributed by atoms with E-state index in [0.29, 0.717) is 11.9 Å². The number of ether oxygens (including phenoxy) is 2. The molecule has 106 valence electrons. The topological polar surface area (TPSA) is 47.6 Å². The van der Waals surface area contributed by atoms with Crippen molar-refractivity contribution < 1.29 is 14.3 Å². The Kier molecular flexibility index (Phi) is 7.70. The Morgan fingerprint density at radius 1 is 1.44 bits per heavy atom. The molecule has 1 atom stereocenters. The van der Waals surface area contributed by atoms with Gasteiger partial charge >= 0.3 is 5.97 Å². The number of hydrogen-bond donors (Lipinski definition) is 1. The first-order valence-corrected chi connectivity index (χ1v) is 7.80. The lowest BCUT2D eigenvalue weighted by Crippen LogP contribution is -2.44. The van der Waals surface area contributed by atoms with Gasteiger partial charge in [0.25, 0.3) is 0 Å². The summed E-state index contributed by atoms with van der Waals surface area (Å²) in [7, 11) is 0. The predicted octanol–water partition coefficient (Wildman–Crippen LogP) is 1.83. The molecule has 0 aliphatic carbocycles. The van der Waals surface area contributed by atoms with E-state index in [0.717, 1.165) is 31.8 Å². The van der Waals surface area contributed by atoms with E-state index in [4.69, 9.17) is 9.47 Å². The molecule has 1 rings (SSSR count). The zero-order valence-corrected chi connectivity index (χ0v) is 12.4. The average Bonchev–Trinajstić information content (AvgIpc) is 2.35. The van der Waals surface area contributed by atoms with Crippen LogP contribution in [0.2, 0.25) is 0 Å².